The van der Waals surface area contributed by atoms with Crippen LogP contribution in [0.1, 0.15) is 40.0 Å². The molecule has 8 nitrogen and oxygen atoms in total. The highest BCUT2D eigenvalue weighted by atomic mass is 32.1. The Labute approximate surface area is 164 Å². The summed E-state index contributed by atoms with van der Waals surface area (Å²) in [6.45, 7) is 1.73. The van der Waals surface area contributed by atoms with Crippen LogP contribution in [0.4, 0.5) is 11.4 Å². The molecule has 2 aromatic heterocycles. The number of nitrogens with one attached hydrogen (secondary N) is 1. The number of carbonyl (C=O) groups is 2. The van der Waals surface area contributed by atoms with Crippen molar-refractivity contribution < 1.29 is 9.59 Å². The zero-order chi connectivity index (χ0) is 19.7. The van der Waals surface area contributed by atoms with E-state index in [1.165, 1.54) is 28.4 Å². The van der Waals surface area contributed by atoms with Crippen LogP contribution in [0.2, 0.25) is 0 Å². The van der Waals surface area contributed by atoms with Crippen LogP contribution in [-0.4, -0.2) is 34.3 Å². The Bertz CT molecular complexity index is 1110. The Morgan fingerprint density at radius 2 is 1.96 bits per heavy atom. The highest BCUT2D eigenvalue weighted by Crippen LogP contribution is 2.30. The number of primary amides is 1. The van der Waals surface area contributed by atoms with Crippen LogP contribution in [0.5, 0.6) is 0 Å². The minimum Gasteiger partial charge on any atom is -0.370 e. The van der Waals surface area contributed by atoms with Gasteiger partial charge in [-0.15, -0.1) is 11.3 Å². The first kappa shape index (κ1) is 18.2. The molecule has 2 amide bonds. The molecule has 1 aromatic carbocycles. The summed E-state index contributed by atoms with van der Waals surface area (Å²) in [7, 11) is 0. The van der Waals surface area contributed by atoms with Crippen LogP contribution in [-0.2, 0) is 0 Å². The topological polar surface area (TPSA) is 110 Å². The molecule has 3 heterocycles. The Balaban J connectivity index is 1.71. The minimum absolute atomic E-state index is 0.0648. The standard InChI is InChI=1S/C19H19N5O3S/c20-16(25)12-4-5-15(23-6-2-1-3-7-23)14(10-12)22-17(26)13-11-21-19-24(18(13)27)8-9-28-19/h4-5,8-11H,1-3,6-7H2,(H2,20,25)(H,22,26). The molecule has 1 aliphatic rings. The molecule has 3 N–H and O–H groups in total. The van der Waals surface area contributed by atoms with Crippen LogP contribution in [0.3, 0.4) is 0 Å². The fourth-order valence-corrected chi connectivity index (χ4v) is 4.05. The molecule has 0 saturated carbocycles. The molecule has 0 unspecified atom stereocenters. The predicted molar refractivity (Wildman–Crippen MR) is 108 cm³/mol. The number of piperidine rings is 1. The fraction of sp³-hybridized carbons (Fsp3) is 0.263. The molecule has 0 spiro atoms. The van der Waals surface area contributed by atoms with Crippen LogP contribution in [0.25, 0.3) is 4.96 Å². The molecule has 4 rings (SSSR count). The molecular formula is C19H19N5O3S. The molecule has 1 saturated heterocycles. The van der Waals surface area contributed by atoms with E-state index in [4.69, 9.17) is 5.73 Å². The van der Waals surface area contributed by atoms with E-state index < -0.39 is 17.4 Å². The van der Waals surface area contributed by atoms with Crippen molar-refractivity contribution in [3.05, 3.63) is 57.5 Å². The predicted octanol–water partition coefficient (Wildman–Crippen LogP) is 2.10. The number of aromatic nitrogens is 2. The van der Waals surface area contributed by atoms with Crippen molar-refractivity contribution in [3.8, 4) is 0 Å². The number of thiazole rings is 1. The molecule has 0 radical (unpaired) electrons. The Hall–Kier alpha value is -3.20. The number of nitrogens with two attached hydrogens (primary N) is 1. The second kappa shape index (κ2) is 7.43. The number of hydrogen-bond donors (Lipinski definition) is 2. The van der Waals surface area contributed by atoms with Crippen LogP contribution < -0.4 is 21.5 Å². The second-order valence-corrected chi connectivity index (χ2v) is 7.50. The Kier molecular flexibility index (Phi) is 4.82. The molecule has 28 heavy (non-hydrogen) atoms. The van der Waals surface area contributed by atoms with E-state index in [1.807, 2.05) is 0 Å². The van der Waals surface area contributed by atoms with Crippen molar-refractivity contribution in [2.45, 2.75) is 19.3 Å². The third kappa shape index (κ3) is 3.36. The quantitative estimate of drug-likeness (QED) is 0.701. The maximum atomic E-state index is 12.8. The first-order valence-corrected chi connectivity index (χ1v) is 9.87. The van der Waals surface area contributed by atoms with E-state index in [1.54, 1.807) is 29.8 Å². The molecule has 3 aromatic rings. The average molecular weight is 397 g/mol. The van der Waals surface area contributed by atoms with Gasteiger partial charge in [-0.25, -0.2) is 4.98 Å². The second-order valence-electron chi connectivity index (χ2n) is 6.63. The van der Waals surface area contributed by atoms with Gasteiger partial charge in [0.05, 0.1) is 11.4 Å². The molecule has 0 aliphatic carbocycles. The summed E-state index contributed by atoms with van der Waals surface area (Å²) in [5, 5.41) is 4.51. The molecular weight excluding hydrogens is 378 g/mol. The maximum absolute atomic E-state index is 12.8. The van der Waals surface area contributed by atoms with Gasteiger partial charge in [-0.05, 0) is 37.5 Å². The number of rotatable bonds is 4. The molecule has 144 valence electrons. The first-order chi connectivity index (χ1) is 13.5. The summed E-state index contributed by atoms with van der Waals surface area (Å²) in [4.78, 5) is 43.8. The molecule has 0 bridgehead atoms. The summed E-state index contributed by atoms with van der Waals surface area (Å²) in [6, 6.07) is 4.99. The van der Waals surface area contributed by atoms with Crippen molar-refractivity contribution in [2.24, 2.45) is 5.73 Å². The lowest BCUT2D eigenvalue weighted by Crippen LogP contribution is -2.31. The van der Waals surface area contributed by atoms with Gasteiger partial charge in [0.1, 0.15) is 5.56 Å². The summed E-state index contributed by atoms with van der Waals surface area (Å²) >= 11 is 1.31. The van der Waals surface area contributed by atoms with Gasteiger partial charge in [0.25, 0.3) is 11.5 Å². The number of fused-ring (bicyclic) bond motifs is 1. The monoisotopic (exact) mass is 397 g/mol. The summed E-state index contributed by atoms with van der Waals surface area (Å²) < 4.78 is 1.34. The van der Waals surface area contributed by atoms with Gasteiger partial charge in [0.2, 0.25) is 5.91 Å². The van der Waals surface area contributed by atoms with Crippen molar-refractivity contribution in [1.82, 2.24) is 9.38 Å². The lowest BCUT2D eigenvalue weighted by Gasteiger charge is -2.30. The highest BCUT2D eigenvalue weighted by molar-refractivity contribution is 7.15. The zero-order valence-corrected chi connectivity index (χ0v) is 15.9. The van der Waals surface area contributed by atoms with E-state index in [0.717, 1.165) is 31.6 Å². The lowest BCUT2D eigenvalue weighted by molar-refractivity contribution is 0.0996. The number of amides is 2. The van der Waals surface area contributed by atoms with Gasteiger partial charge in [-0.1, -0.05) is 0 Å². The fourth-order valence-electron chi connectivity index (χ4n) is 3.37. The third-order valence-electron chi connectivity index (χ3n) is 4.81. The van der Waals surface area contributed by atoms with Crippen molar-refractivity contribution in [3.63, 3.8) is 0 Å². The van der Waals surface area contributed by atoms with Gasteiger partial charge in [0, 0.05) is 36.4 Å². The normalized spacial score (nSPS) is 14.2. The zero-order valence-electron chi connectivity index (χ0n) is 15.1. The number of benzene rings is 1. The lowest BCUT2D eigenvalue weighted by atomic mass is 10.1. The van der Waals surface area contributed by atoms with Crippen LogP contribution in [0, 0.1) is 0 Å². The molecule has 9 heteroatoms. The summed E-state index contributed by atoms with van der Waals surface area (Å²) in [5.74, 6) is -1.15. The third-order valence-corrected chi connectivity index (χ3v) is 5.58. The van der Waals surface area contributed by atoms with E-state index in [-0.39, 0.29) is 5.56 Å². The summed E-state index contributed by atoms with van der Waals surface area (Å²) in [6.07, 6.45) is 6.15. The van der Waals surface area contributed by atoms with Gasteiger partial charge in [-0.3, -0.25) is 18.8 Å². The first-order valence-electron chi connectivity index (χ1n) is 8.99. The highest BCUT2D eigenvalue weighted by Gasteiger charge is 2.20. The number of hydrogen-bond acceptors (Lipinski definition) is 6. The van der Waals surface area contributed by atoms with Gasteiger partial charge in [0.15, 0.2) is 4.96 Å². The van der Waals surface area contributed by atoms with Crippen molar-refractivity contribution >= 4 is 39.5 Å². The molecule has 1 fully saturated rings. The van der Waals surface area contributed by atoms with Crippen LogP contribution >= 0.6 is 11.3 Å². The average Bonchev–Trinajstić information content (AvgIpc) is 3.18. The summed E-state index contributed by atoms with van der Waals surface area (Å²) in [5.41, 5.74) is 6.46. The minimum atomic E-state index is -0.581. The smallest absolute Gasteiger partial charge is 0.271 e. The Morgan fingerprint density at radius 3 is 2.71 bits per heavy atom. The van der Waals surface area contributed by atoms with Crippen molar-refractivity contribution in [1.29, 1.82) is 0 Å². The SMILES string of the molecule is NC(=O)c1ccc(N2CCCCC2)c(NC(=O)c2cnc3sccn3c2=O)c1. The maximum Gasteiger partial charge on any atom is 0.271 e. The largest absolute Gasteiger partial charge is 0.370 e. The van der Waals surface area contributed by atoms with E-state index in [9.17, 15) is 14.4 Å². The van der Waals surface area contributed by atoms with E-state index in [0.29, 0.717) is 16.2 Å². The Morgan fingerprint density at radius 1 is 1.18 bits per heavy atom. The van der Waals surface area contributed by atoms with Gasteiger partial charge < -0.3 is 16.0 Å². The van der Waals surface area contributed by atoms with Gasteiger partial charge in [-0.2, -0.15) is 0 Å². The van der Waals surface area contributed by atoms with Crippen molar-refractivity contribution in [2.75, 3.05) is 23.3 Å². The van der Waals surface area contributed by atoms with Crippen LogP contribution in [0.15, 0.2) is 40.8 Å². The molecule has 0 atom stereocenters. The number of anilines is 2. The van der Waals surface area contributed by atoms with E-state index in [2.05, 4.69) is 15.2 Å². The number of nitrogens with zero attached hydrogens (tertiary/aromatic N) is 3. The van der Waals surface area contributed by atoms with E-state index >= 15 is 0 Å². The molecule has 1 aliphatic heterocycles. The number of carbonyl (C=O) groups excluding carboxylic acids is 2. The van der Waals surface area contributed by atoms with Gasteiger partial charge >= 0.3 is 0 Å².